The zero-order valence-corrected chi connectivity index (χ0v) is 11.6. The highest BCUT2D eigenvalue weighted by Crippen LogP contribution is 2.31. The van der Waals surface area contributed by atoms with E-state index in [9.17, 15) is 0 Å². The Morgan fingerprint density at radius 3 is 2.50 bits per heavy atom. The predicted octanol–water partition coefficient (Wildman–Crippen LogP) is 3.02. The number of rotatable bonds is 4. The first-order chi connectivity index (χ1) is 9.67. The molecule has 5 heteroatoms. The van der Waals surface area contributed by atoms with E-state index < -0.39 is 0 Å². The number of aromatic nitrogens is 1. The summed E-state index contributed by atoms with van der Waals surface area (Å²) in [6, 6.07) is 11.1. The van der Waals surface area contributed by atoms with Gasteiger partial charge >= 0.3 is 0 Å². The average Bonchev–Trinajstić information content (AvgIpc) is 2.47. The van der Waals surface area contributed by atoms with Crippen LogP contribution < -0.4 is 14.8 Å². The summed E-state index contributed by atoms with van der Waals surface area (Å²) >= 11 is 0. The van der Waals surface area contributed by atoms with Crippen LogP contribution in [0.5, 0.6) is 11.5 Å². The zero-order chi connectivity index (χ0) is 14.5. The summed E-state index contributed by atoms with van der Waals surface area (Å²) in [5, 5.41) is 12.2. The van der Waals surface area contributed by atoms with Gasteiger partial charge in [-0.25, -0.2) is 4.98 Å². The monoisotopic (exact) mass is 269 g/mol. The number of nitriles is 1. The van der Waals surface area contributed by atoms with Gasteiger partial charge in [0.15, 0.2) is 11.5 Å². The fraction of sp³-hybridized carbons (Fsp3) is 0.200. The summed E-state index contributed by atoms with van der Waals surface area (Å²) in [6.45, 7) is 1.88. The molecule has 0 fully saturated rings. The van der Waals surface area contributed by atoms with Gasteiger partial charge in [0, 0.05) is 17.4 Å². The summed E-state index contributed by atoms with van der Waals surface area (Å²) < 4.78 is 10.4. The van der Waals surface area contributed by atoms with E-state index in [0.717, 1.165) is 11.4 Å². The zero-order valence-electron chi connectivity index (χ0n) is 11.6. The molecule has 2 rings (SSSR count). The van der Waals surface area contributed by atoms with E-state index in [-0.39, 0.29) is 0 Å². The van der Waals surface area contributed by atoms with Gasteiger partial charge in [-0.05, 0) is 31.2 Å². The van der Waals surface area contributed by atoms with Crippen molar-refractivity contribution < 1.29 is 9.47 Å². The molecule has 0 spiro atoms. The van der Waals surface area contributed by atoms with E-state index in [1.807, 2.05) is 13.0 Å². The molecular weight excluding hydrogens is 254 g/mol. The second-order valence-electron chi connectivity index (χ2n) is 4.16. The van der Waals surface area contributed by atoms with Crippen LogP contribution in [0, 0.1) is 18.3 Å². The topological polar surface area (TPSA) is 67.2 Å². The largest absolute Gasteiger partial charge is 0.493 e. The van der Waals surface area contributed by atoms with E-state index in [0.29, 0.717) is 22.9 Å². The third-order valence-corrected chi connectivity index (χ3v) is 2.80. The van der Waals surface area contributed by atoms with Crippen molar-refractivity contribution in [3.05, 3.63) is 41.6 Å². The molecule has 1 aromatic carbocycles. The van der Waals surface area contributed by atoms with E-state index in [2.05, 4.69) is 16.4 Å². The molecule has 5 nitrogen and oxygen atoms in total. The van der Waals surface area contributed by atoms with Crippen molar-refractivity contribution in [2.45, 2.75) is 6.92 Å². The van der Waals surface area contributed by atoms with Gasteiger partial charge in [-0.15, -0.1) is 0 Å². The summed E-state index contributed by atoms with van der Waals surface area (Å²) in [7, 11) is 3.16. The Morgan fingerprint density at radius 1 is 1.10 bits per heavy atom. The van der Waals surface area contributed by atoms with Crippen molar-refractivity contribution in [3.8, 4) is 17.6 Å². The maximum Gasteiger partial charge on any atom is 0.162 e. The highest BCUT2D eigenvalue weighted by molar-refractivity contribution is 5.65. The van der Waals surface area contributed by atoms with Crippen LogP contribution in [0.1, 0.15) is 11.3 Å². The molecule has 0 amide bonds. The molecule has 0 aliphatic rings. The molecule has 0 radical (unpaired) electrons. The first-order valence-corrected chi connectivity index (χ1v) is 6.04. The SMILES string of the molecule is COc1ccc(Nc2nc(C)ccc2C#N)cc1OC. The van der Waals surface area contributed by atoms with Gasteiger partial charge in [-0.2, -0.15) is 5.26 Å². The minimum Gasteiger partial charge on any atom is -0.493 e. The number of hydrogen-bond acceptors (Lipinski definition) is 5. The minimum absolute atomic E-state index is 0.491. The summed E-state index contributed by atoms with van der Waals surface area (Å²) in [5.74, 6) is 1.79. The van der Waals surface area contributed by atoms with Gasteiger partial charge in [-0.3, -0.25) is 0 Å². The molecular formula is C15H15N3O2. The van der Waals surface area contributed by atoms with Gasteiger partial charge in [0.25, 0.3) is 0 Å². The molecule has 20 heavy (non-hydrogen) atoms. The molecule has 0 bridgehead atoms. The molecule has 0 aliphatic carbocycles. The van der Waals surface area contributed by atoms with Gasteiger partial charge in [0.05, 0.1) is 19.8 Å². The smallest absolute Gasteiger partial charge is 0.162 e. The summed E-state index contributed by atoms with van der Waals surface area (Å²) in [6.07, 6.45) is 0. The van der Waals surface area contributed by atoms with Crippen LogP contribution in [0.4, 0.5) is 11.5 Å². The van der Waals surface area contributed by atoms with E-state index in [1.165, 1.54) is 0 Å². The number of aryl methyl sites for hydroxylation is 1. The van der Waals surface area contributed by atoms with Gasteiger partial charge < -0.3 is 14.8 Å². The first kappa shape index (κ1) is 13.7. The number of benzene rings is 1. The lowest BCUT2D eigenvalue weighted by molar-refractivity contribution is 0.355. The first-order valence-electron chi connectivity index (χ1n) is 6.04. The second kappa shape index (κ2) is 5.93. The van der Waals surface area contributed by atoms with Crippen LogP contribution in [0.25, 0.3) is 0 Å². The number of hydrogen-bond donors (Lipinski definition) is 1. The number of nitrogens with one attached hydrogen (secondary N) is 1. The van der Waals surface area contributed by atoms with E-state index in [4.69, 9.17) is 14.7 Å². The third kappa shape index (κ3) is 2.81. The van der Waals surface area contributed by atoms with Crippen LogP contribution in [0.2, 0.25) is 0 Å². The maximum atomic E-state index is 9.10. The normalized spacial score (nSPS) is 9.70. The van der Waals surface area contributed by atoms with Crippen molar-refractivity contribution >= 4 is 11.5 Å². The minimum atomic E-state index is 0.491. The van der Waals surface area contributed by atoms with E-state index in [1.54, 1.807) is 38.5 Å². The second-order valence-corrected chi connectivity index (χ2v) is 4.16. The number of anilines is 2. The van der Waals surface area contributed by atoms with Crippen molar-refractivity contribution in [2.75, 3.05) is 19.5 Å². The van der Waals surface area contributed by atoms with Crippen molar-refractivity contribution in [1.29, 1.82) is 5.26 Å². The fourth-order valence-electron chi connectivity index (χ4n) is 1.79. The van der Waals surface area contributed by atoms with Crippen LogP contribution in [0.3, 0.4) is 0 Å². The number of pyridine rings is 1. The molecule has 0 atom stereocenters. The molecule has 0 unspecified atom stereocenters. The quantitative estimate of drug-likeness (QED) is 0.924. The Morgan fingerprint density at radius 2 is 1.85 bits per heavy atom. The predicted molar refractivity (Wildman–Crippen MR) is 76.5 cm³/mol. The Labute approximate surface area is 117 Å². The lowest BCUT2D eigenvalue weighted by atomic mass is 10.2. The van der Waals surface area contributed by atoms with Crippen LogP contribution in [-0.4, -0.2) is 19.2 Å². The van der Waals surface area contributed by atoms with Crippen molar-refractivity contribution in [2.24, 2.45) is 0 Å². The van der Waals surface area contributed by atoms with Gasteiger partial charge in [0.2, 0.25) is 0 Å². The molecule has 1 heterocycles. The molecule has 2 aromatic rings. The number of nitrogens with zero attached hydrogens (tertiary/aromatic N) is 2. The van der Waals surface area contributed by atoms with Crippen molar-refractivity contribution in [3.63, 3.8) is 0 Å². The van der Waals surface area contributed by atoms with Crippen molar-refractivity contribution in [1.82, 2.24) is 4.98 Å². The lowest BCUT2D eigenvalue weighted by Crippen LogP contribution is -1.99. The third-order valence-electron chi connectivity index (χ3n) is 2.80. The summed E-state index contributed by atoms with van der Waals surface area (Å²) in [4.78, 5) is 4.33. The highest BCUT2D eigenvalue weighted by atomic mass is 16.5. The lowest BCUT2D eigenvalue weighted by Gasteiger charge is -2.12. The van der Waals surface area contributed by atoms with Gasteiger partial charge in [-0.1, -0.05) is 0 Å². The standard InChI is InChI=1S/C15H15N3O2/c1-10-4-5-11(9-16)15(17-10)18-12-6-7-13(19-2)14(8-12)20-3/h4-8H,1-3H3,(H,17,18). The molecule has 102 valence electrons. The van der Waals surface area contributed by atoms with Crippen LogP contribution in [-0.2, 0) is 0 Å². The number of ether oxygens (including phenoxy) is 2. The Hall–Kier alpha value is -2.74. The summed E-state index contributed by atoms with van der Waals surface area (Å²) in [5.41, 5.74) is 2.11. The van der Waals surface area contributed by atoms with Crippen LogP contribution in [0.15, 0.2) is 30.3 Å². The molecule has 0 saturated heterocycles. The molecule has 0 aliphatic heterocycles. The number of methoxy groups -OCH3 is 2. The molecule has 0 saturated carbocycles. The average molecular weight is 269 g/mol. The fourth-order valence-corrected chi connectivity index (χ4v) is 1.79. The van der Waals surface area contributed by atoms with Gasteiger partial charge in [0.1, 0.15) is 11.9 Å². The highest BCUT2D eigenvalue weighted by Gasteiger charge is 2.08. The Bertz CT molecular complexity index is 663. The maximum absolute atomic E-state index is 9.10. The van der Waals surface area contributed by atoms with Crippen LogP contribution >= 0.6 is 0 Å². The van der Waals surface area contributed by atoms with E-state index >= 15 is 0 Å². The molecule has 1 N–H and O–H groups in total. The Kier molecular flexibility index (Phi) is 4.06. The molecule has 1 aromatic heterocycles. The Balaban J connectivity index is 2.35.